The maximum atomic E-state index is 13.8. The van der Waals surface area contributed by atoms with Crippen LogP contribution in [0, 0.1) is 11.3 Å². The number of ether oxygens (including phenoxy) is 1. The highest BCUT2D eigenvalue weighted by atomic mass is 35.5. The number of amides is 3. The molecular formula is C34H40ClN5O4. The number of hydrogen-bond acceptors (Lipinski definition) is 5. The number of aryl methyl sites for hydroxylation is 1. The lowest BCUT2D eigenvalue weighted by atomic mass is 9.75. The predicted octanol–water partition coefficient (Wildman–Crippen LogP) is 4.36. The highest BCUT2D eigenvalue weighted by Gasteiger charge is 2.41. The van der Waals surface area contributed by atoms with Crippen molar-refractivity contribution in [3.05, 3.63) is 77.1 Å². The lowest BCUT2D eigenvalue weighted by molar-refractivity contribution is -0.140. The Balaban J connectivity index is 1.16. The van der Waals surface area contributed by atoms with Crippen LogP contribution in [0.25, 0.3) is 11.0 Å². The summed E-state index contributed by atoms with van der Waals surface area (Å²) in [6.45, 7) is 2.19. The van der Waals surface area contributed by atoms with Gasteiger partial charge in [0.2, 0.25) is 17.7 Å². The molecule has 2 saturated heterocycles. The number of likely N-dealkylation sites (tertiary alicyclic amines) is 1. The number of aromatic nitrogens is 2. The lowest BCUT2D eigenvalue weighted by Crippen LogP contribution is -2.58. The summed E-state index contributed by atoms with van der Waals surface area (Å²) in [6.07, 6.45) is 8.74. The van der Waals surface area contributed by atoms with E-state index >= 15 is 0 Å². The van der Waals surface area contributed by atoms with Gasteiger partial charge in [-0.1, -0.05) is 54.1 Å². The number of rotatable bonds is 5. The molecule has 0 bridgehead atoms. The van der Waals surface area contributed by atoms with Crippen LogP contribution < -0.4 is 10.6 Å². The summed E-state index contributed by atoms with van der Waals surface area (Å²) in [5.41, 5.74) is 2.09. The molecule has 6 rings (SSSR count). The largest absolute Gasteiger partial charge is 0.381 e. The minimum absolute atomic E-state index is 0.0689. The Kier molecular flexibility index (Phi) is 9.33. The maximum absolute atomic E-state index is 13.8. The number of nitrogens with one attached hydrogen (secondary N) is 3. The van der Waals surface area contributed by atoms with Crippen molar-refractivity contribution in [3.63, 3.8) is 0 Å². The van der Waals surface area contributed by atoms with Crippen LogP contribution >= 0.6 is 11.6 Å². The fourth-order valence-electron chi connectivity index (χ4n) is 6.74. The molecule has 1 spiro atoms. The third-order valence-corrected chi connectivity index (χ3v) is 9.67. The monoisotopic (exact) mass is 617 g/mol. The van der Waals surface area contributed by atoms with E-state index in [4.69, 9.17) is 16.3 Å². The number of piperidine rings is 1. The number of carbonyl (C=O) groups excluding carboxylic acids is 3. The average molecular weight is 618 g/mol. The van der Waals surface area contributed by atoms with E-state index < -0.39 is 11.5 Å². The molecule has 3 atom stereocenters. The first-order valence-corrected chi connectivity index (χ1v) is 16.1. The molecule has 3 N–H and O–H groups in total. The van der Waals surface area contributed by atoms with Gasteiger partial charge in [-0.3, -0.25) is 14.4 Å². The molecular weight excluding hydrogens is 578 g/mol. The minimum Gasteiger partial charge on any atom is -0.381 e. The SMILES string of the molecule is O=C1N[C@H]2CCN(C(=O)CCc3nc4ccc(Cl)cc4[nH]3)C[C@H]2C/C=C/CC2(CCOCC2)C(=O)N[C@@H]1Cc1ccccc1. The Morgan fingerprint density at radius 2 is 1.89 bits per heavy atom. The van der Waals surface area contributed by atoms with Crippen LogP contribution in [0.15, 0.2) is 60.7 Å². The van der Waals surface area contributed by atoms with E-state index in [9.17, 15) is 14.4 Å². The maximum Gasteiger partial charge on any atom is 0.243 e. The van der Waals surface area contributed by atoms with Crippen molar-refractivity contribution in [2.75, 3.05) is 26.3 Å². The Morgan fingerprint density at radius 3 is 2.70 bits per heavy atom. The standard InChI is InChI=1S/C34H40ClN5O4/c35-25-9-10-27-28(21-25)37-30(36-27)11-12-31(41)40-17-13-26-24(22-40)8-4-5-14-34(15-18-44-19-16-34)33(43)39-29(32(42)38-26)20-23-6-2-1-3-7-23/h1-7,9-10,21,24,26,29H,8,11-20,22H2,(H,36,37)(H,38,42)(H,39,43)/b5-4+/t24-,26+,29-/m1/s1. The molecule has 1 aromatic heterocycles. The second-order valence-corrected chi connectivity index (χ2v) is 12.8. The molecule has 2 fully saturated rings. The summed E-state index contributed by atoms with van der Waals surface area (Å²) in [5, 5.41) is 7.06. The molecule has 0 unspecified atom stereocenters. The smallest absolute Gasteiger partial charge is 0.243 e. The lowest BCUT2D eigenvalue weighted by Gasteiger charge is -2.40. The van der Waals surface area contributed by atoms with Crippen LogP contribution in [0.2, 0.25) is 5.02 Å². The van der Waals surface area contributed by atoms with Gasteiger partial charge in [-0.05, 0) is 55.9 Å². The molecule has 3 aliphatic heterocycles. The molecule has 232 valence electrons. The van der Waals surface area contributed by atoms with Gasteiger partial charge < -0.3 is 25.3 Å². The van der Waals surface area contributed by atoms with Gasteiger partial charge in [0.15, 0.2) is 0 Å². The van der Waals surface area contributed by atoms with E-state index in [0.29, 0.717) is 76.3 Å². The Hall–Kier alpha value is -3.69. The fraction of sp³-hybridized carbons (Fsp3) is 0.471. The quantitative estimate of drug-likeness (QED) is 0.368. The first-order valence-electron chi connectivity index (χ1n) is 15.7. The highest BCUT2D eigenvalue weighted by molar-refractivity contribution is 6.31. The summed E-state index contributed by atoms with van der Waals surface area (Å²) in [4.78, 5) is 50.7. The third kappa shape index (κ3) is 7.00. The van der Waals surface area contributed by atoms with E-state index in [1.165, 1.54) is 0 Å². The summed E-state index contributed by atoms with van der Waals surface area (Å²) in [6, 6.07) is 14.5. The molecule has 4 heterocycles. The van der Waals surface area contributed by atoms with E-state index in [1.54, 1.807) is 6.07 Å². The summed E-state index contributed by atoms with van der Waals surface area (Å²) < 4.78 is 5.60. The van der Waals surface area contributed by atoms with Crippen molar-refractivity contribution in [2.24, 2.45) is 11.3 Å². The van der Waals surface area contributed by atoms with Crippen molar-refractivity contribution in [1.82, 2.24) is 25.5 Å². The average Bonchev–Trinajstić information content (AvgIpc) is 3.44. The first kappa shape index (κ1) is 30.3. The predicted molar refractivity (Wildman–Crippen MR) is 169 cm³/mol. The van der Waals surface area contributed by atoms with Gasteiger partial charge >= 0.3 is 0 Å². The summed E-state index contributed by atoms with van der Waals surface area (Å²) in [5.74, 6) is 0.665. The zero-order valence-electron chi connectivity index (χ0n) is 24.9. The van der Waals surface area contributed by atoms with Crippen LogP contribution in [0.1, 0.15) is 49.9 Å². The van der Waals surface area contributed by atoms with Gasteiger partial charge in [-0.2, -0.15) is 0 Å². The number of carbonyl (C=O) groups is 3. The van der Waals surface area contributed by atoms with E-state index in [0.717, 1.165) is 28.8 Å². The molecule has 2 aromatic carbocycles. The van der Waals surface area contributed by atoms with Crippen LogP contribution in [0.3, 0.4) is 0 Å². The van der Waals surface area contributed by atoms with Gasteiger partial charge in [0, 0.05) is 62.5 Å². The highest BCUT2D eigenvalue weighted by Crippen LogP contribution is 2.36. The van der Waals surface area contributed by atoms with E-state index in [1.807, 2.05) is 47.4 Å². The number of halogens is 1. The first-order chi connectivity index (χ1) is 21.4. The molecule has 3 amide bonds. The van der Waals surface area contributed by atoms with Crippen LogP contribution in [0.4, 0.5) is 0 Å². The summed E-state index contributed by atoms with van der Waals surface area (Å²) in [7, 11) is 0. The second kappa shape index (κ2) is 13.5. The van der Waals surface area contributed by atoms with E-state index in [2.05, 4.69) is 32.8 Å². The van der Waals surface area contributed by atoms with Crippen LogP contribution in [0.5, 0.6) is 0 Å². The van der Waals surface area contributed by atoms with Crippen LogP contribution in [-0.4, -0.2) is 71.0 Å². The zero-order valence-corrected chi connectivity index (χ0v) is 25.7. The molecule has 10 heteroatoms. The molecule has 9 nitrogen and oxygen atoms in total. The van der Waals surface area contributed by atoms with Crippen molar-refractivity contribution < 1.29 is 19.1 Å². The second-order valence-electron chi connectivity index (χ2n) is 12.4. The molecule has 0 saturated carbocycles. The van der Waals surface area contributed by atoms with Gasteiger partial charge in [-0.15, -0.1) is 0 Å². The Bertz CT molecular complexity index is 1520. The summed E-state index contributed by atoms with van der Waals surface area (Å²) >= 11 is 6.11. The number of benzene rings is 2. The number of nitrogens with zero attached hydrogens (tertiary/aromatic N) is 2. The van der Waals surface area contributed by atoms with E-state index in [-0.39, 0.29) is 29.7 Å². The Morgan fingerprint density at radius 1 is 1.07 bits per heavy atom. The molecule has 3 aliphatic rings. The molecule has 44 heavy (non-hydrogen) atoms. The number of imidazole rings is 1. The minimum atomic E-state index is -0.688. The van der Waals surface area contributed by atoms with Crippen molar-refractivity contribution in [2.45, 2.75) is 63.5 Å². The van der Waals surface area contributed by atoms with Crippen LogP contribution in [-0.2, 0) is 32.0 Å². The third-order valence-electron chi connectivity index (χ3n) is 9.43. The fourth-order valence-corrected chi connectivity index (χ4v) is 6.92. The van der Waals surface area contributed by atoms with Gasteiger partial charge in [0.05, 0.1) is 16.4 Å². The van der Waals surface area contributed by atoms with Crippen molar-refractivity contribution in [3.8, 4) is 0 Å². The number of aromatic amines is 1. The van der Waals surface area contributed by atoms with Crippen molar-refractivity contribution in [1.29, 1.82) is 0 Å². The number of allylic oxidation sites excluding steroid dienone is 2. The van der Waals surface area contributed by atoms with Crippen molar-refractivity contribution >= 4 is 40.4 Å². The molecule has 0 aliphatic carbocycles. The molecule has 3 aromatic rings. The van der Waals surface area contributed by atoms with Gasteiger partial charge in [0.25, 0.3) is 0 Å². The number of H-pyrrole nitrogens is 1. The number of hydrogen-bond donors (Lipinski definition) is 3. The molecule has 0 radical (unpaired) electrons. The van der Waals surface area contributed by atoms with Gasteiger partial charge in [0.1, 0.15) is 11.9 Å². The zero-order chi connectivity index (χ0) is 30.5. The van der Waals surface area contributed by atoms with Gasteiger partial charge in [-0.25, -0.2) is 4.98 Å². The topological polar surface area (TPSA) is 116 Å². The number of fused-ring (bicyclic) bond motifs is 2. The normalized spacial score (nSPS) is 24.9. The Labute approximate surface area is 262 Å².